The molecule has 0 atom stereocenters. The van der Waals surface area contributed by atoms with E-state index in [2.05, 4.69) is 42.2 Å². The average Bonchev–Trinajstić information content (AvgIpc) is 2.14. The molecule has 0 aliphatic carbocycles. The van der Waals surface area contributed by atoms with Crippen molar-refractivity contribution in [1.82, 2.24) is 0 Å². The summed E-state index contributed by atoms with van der Waals surface area (Å²) in [5, 5.41) is 0. The van der Waals surface area contributed by atoms with Crippen LogP contribution in [0.2, 0.25) is 0 Å². The second-order valence-electron chi connectivity index (χ2n) is 4.64. The lowest BCUT2D eigenvalue weighted by atomic mass is 9.87. The summed E-state index contributed by atoms with van der Waals surface area (Å²) < 4.78 is 0.876. The van der Waals surface area contributed by atoms with E-state index in [9.17, 15) is 4.79 Å². The number of nitrogens with one attached hydrogen (secondary N) is 1. The fourth-order valence-electron chi connectivity index (χ4n) is 1.19. The van der Waals surface area contributed by atoms with Crippen LogP contribution in [0.25, 0.3) is 0 Å². The summed E-state index contributed by atoms with van der Waals surface area (Å²) in [6, 6.07) is 5.91. The third-order valence-electron chi connectivity index (χ3n) is 2.14. The van der Waals surface area contributed by atoms with Gasteiger partial charge in [0, 0.05) is 11.4 Å². The van der Waals surface area contributed by atoms with Crippen LogP contribution in [0.4, 0.5) is 5.69 Å². The van der Waals surface area contributed by atoms with Crippen LogP contribution in [0, 0.1) is 0 Å². The number of benzene rings is 1. The van der Waals surface area contributed by atoms with Crippen LogP contribution in [0.5, 0.6) is 0 Å². The Morgan fingerprint density at radius 2 is 2.00 bits per heavy atom. The maximum atomic E-state index is 10.7. The fourth-order valence-corrected chi connectivity index (χ4v) is 1.65. The first-order valence-corrected chi connectivity index (χ1v) is 5.83. The Balaban J connectivity index is 2.88. The van der Waals surface area contributed by atoms with Crippen LogP contribution < -0.4 is 5.48 Å². The summed E-state index contributed by atoms with van der Waals surface area (Å²) in [5.41, 5.74) is 4.65. The highest BCUT2D eigenvalue weighted by atomic mass is 79.9. The summed E-state index contributed by atoms with van der Waals surface area (Å²) >= 11 is 3.44. The highest BCUT2D eigenvalue weighted by molar-refractivity contribution is 9.10. The molecule has 1 N–H and O–H groups in total. The predicted octanol–water partition coefficient (Wildman–Crippen LogP) is 3.64. The Hall–Kier alpha value is -1.03. The largest absolute Gasteiger partial charge is 0.344 e. The summed E-state index contributed by atoms with van der Waals surface area (Å²) in [6.07, 6.45) is 0. The number of rotatable bonds is 2. The summed E-state index contributed by atoms with van der Waals surface area (Å²) in [6.45, 7) is 7.79. The number of hydrogen-bond donors (Lipinski definition) is 1. The molecule has 0 aliphatic heterocycles. The molecule has 0 amide bonds. The molecule has 0 fully saturated rings. The van der Waals surface area contributed by atoms with E-state index in [0.29, 0.717) is 0 Å². The summed E-state index contributed by atoms with van der Waals surface area (Å²) in [4.78, 5) is 15.4. The minimum Gasteiger partial charge on any atom is -0.344 e. The molecule has 16 heavy (non-hydrogen) atoms. The van der Waals surface area contributed by atoms with Crippen molar-refractivity contribution >= 4 is 27.6 Å². The fraction of sp³-hybridized carbons (Fsp3) is 0.417. The van der Waals surface area contributed by atoms with Gasteiger partial charge in [-0.1, -0.05) is 26.8 Å². The average molecular weight is 286 g/mol. The molecule has 0 spiro atoms. The zero-order valence-electron chi connectivity index (χ0n) is 9.93. The van der Waals surface area contributed by atoms with Crippen molar-refractivity contribution in [3.63, 3.8) is 0 Å². The number of hydrogen-bond acceptors (Lipinski definition) is 3. The highest BCUT2D eigenvalue weighted by Crippen LogP contribution is 2.29. The predicted molar refractivity (Wildman–Crippen MR) is 68.2 cm³/mol. The highest BCUT2D eigenvalue weighted by Gasteiger charge is 2.14. The van der Waals surface area contributed by atoms with Gasteiger partial charge in [0.25, 0.3) is 0 Å². The van der Waals surface area contributed by atoms with Crippen molar-refractivity contribution in [2.75, 3.05) is 5.48 Å². The molecule has 0 aliphatic rings. The second kappa shape index (κ2) is 4.87. The molecule has 0 radical (unpaired) electrons. The molecule has 1 aromatic carbocycles. The van der Waals surface area contributed by atoms with Crippen LogP contribution in [-0.4, -0.2) is 5.97 Å². The van der Waals surface area contributed by atoms with Gasteiger partial charge < -0.3 is 4.84 Å². The molecular weight excluding hydrogens is 270 g/mol. The molecule has 0 saturated heterocycles. The monoisotopic (exact) mass is 285 g/mol. The first-order valence-electron chi connectivity index (χ1n) is 5.04. The van der Waals surface area contributed by atoms with Gasteiger partial charge in [-0.05, 0) is 39.0 Å². The van der Waals surface area contributed by atoms with E-state index in [1.807, 2.05) is 18.2 Å². The smallest absolute Gasteiger partial charge is 0.329 e. The third-order valence-corrected chi connectivity index (χ3v) is 2.80. The zero-order chi connectivity index (χ0) is 12.3. The van der Waals surface area contributed by atoms with Crippen molar-refractivity contribution in [2.24, 2.45) is 0 Å². The van der Waals surface area contributed by atoms with Gasteiger partial charge in [0.15, 0.2) is 0 Å². The first-order chi connectivity index (χ1) is 7.30. The van der Waals surface area contributed by atoms with E-state index in [1.54, 1.807) is 0 Å². The second-order valence-corrected chi connectivity index (χ2v) is 5.49. The van der Waals surface area contributed by atoms with Crippen molar-refractivity contribution in [2.45, 2.75) is 33.1 Å². The SMILES string of the molecule is CC(=O)ONc1ccc(C(C)(C)C)cc1Br. The third kappa shape index (κ3) is 3.52. The van der Waals surface area contributed by atoms with Crippen molar-refractivity contribution < 1.29 is 9.63 Å². The molecule has 1 aromatic rings. The Morgan fingerprint density at radius 1 is 1.38 bits per heavy atom. The van der Waals surface area contributed by atoms with Crippen LogP contribution in [-0.2, 0) is 15.0 Å². The lowest BCUT2D eigenvalue weighted by molar-refractivity contribution is -0.138. The molecule has 0 bridgehead atoms. The topological polar surface area (TPSA) is 38.3 Å². The van der Waals surface area contributed by atoms with Crippen molar-refractivity contribution in [3.8, 4) is 0 Å². The maximum Gasteiger partial charge on any atom is 0.329 e. The molecule has 3 nitrogen and oxygen atoms in total. The van der Waals surface area contributed by atoms with E-state index in [4.69, 9.17) is 4.84 Å². The minimum absolute atomic E-state index is 0.0997. The quantitative estimate of drug-likeness (QED) is 0.844. The van der Waals surface area contributed by atoms with E-state index < -0.39 is 0 Å². The summed E-state index contributed by atoms with van der Waals surface area (Å²) in [7, 11) is 0. The van der Waals surface area contributed by atoms with Crippen LogP contribution in [0.3, 0.4) is 0 Å². The van der Waals surface area contributed by atoms with E-state index >= 15 is 0 Å². The molecule has 0 saturated carbocycles. The van der Waals surface area contributed by atoms with E-state index in [-0.39, 0.29) is 11.4 Å². The lowest BCUT2D eigenvalue weighted by Crippen LogP contribution is -2.12. The zero-order valence-corrected chi connectivity index (χ0v) is 11.5. The van der Waals surface area contributed by atoms with Gasteiger partial charge >= 0.3 is 5.97 Å². The molecule has 0 unspecified atom stereocenters. The van der Waals surface area contributed by atoms with Crippen LogP contribution in [0.15, 0.2) is 22.7 Å². The molecule has 88 valence electrons. The standard InChI is InChI=1S/C12H16BrNO2/c1-8(15)16-14-11-6-5-9(7-10(11)13)12(2,3)4/h5-7,14H,1-4H3. The first kappa shape index (κ1) is 13.0. The molecule has 1 rings (SSSR count). The van der Waals surface area contributed by atoms with Crippen LogP contribution in [0.1, 0.15) is 33.3 Å². The Morgan fingerprint density at radius 3 is 2.44 bits per heavy atom. The van der Waals surface area contributed by atoms with Gasteiger partial charge in [0.1, 0.15) is 0 Å². The number of carbonyl (C=O) groups excluding carboxylic acids is 1. The maximum absolute atomic E-state index is 10.7. The van der Waals surface area contributed by atoms with Crippen LogP contribution >= 0.6 is 15.9 Å². The lowest BCUT2D eigenvalue weighted by Gasteiger charge is -2.20. The van der Waals surface area contributed by atoms with Gasteiger partial charge in [-0.25, -0.2) is 5.48 Å². The van der Waals surface area contributed by atoms with Gasteiger partial charge in [0.2, 0.25) is 0 Å². The molecular formula is C12H16BrNO2. The number of halogens is 1. The number of anilines is 1. The van der Waals surface area contributed by atoms with Gasteiger partial charge in [0.05, 0.1) is 5.69 Å². The Kier molecular flexibility index (Phi) is 3.97. The molecule has 4 heteroatoms. The Bertz CT molecular complexity index is 396. The Labute approximate surface area is 104 Å². The normalized spacial score (nSPS) is 11.1. The van der Waals surface area contributed by atoms with Gasteiger partial charge in [-0.15, -0.1) is 0 Å². The molecule has 0 aromatic heterocycles. The van der Waals surface area contributed by atoms with E-state index in [1.165, 1.54) is 12.5 Å². The minimum atomic E-state index is -0.369. The van der Waals surface area contributed by atoms with Gasteiger partial charge in [-0.3, -0.25) is 4.79 Å². The van der Waals surface area contributed by atoms with Crippen molar-refractivity contribution in [1.29, 1.82) is 0 Å². The van der Waals surface area contributed by atoms with E-state index in [0.717, 1.165) is 10.2 Å². The van der Waals surface area contributed by atoms with Gasteiger partial charge in [-0.2, -0.15) is 0 Å². The van der Waals surface area contributed by atoms with Crippen molar-refractivity contribution in [3.05, 3.63) is 28.2 Å². The number of carbonyl (C=O) groups is 1. The molecule has 0 heterocycles. The summed E-state index contributed by atoms with van der Waals surface area (Å²) in [5.74, 6) is -0.369.